The largest absolute Gasteiger partial charge is 0.480 e. The lowest BCUT2D eigenvalue weighted by molar-refractivity contribution is -0.137. The van der Waals surface area contributed by atoms with Crippen LogP contribution in [-0.4, -0.2) is 27.1 Å². The van der Waals surface area contributed by atoms with E-state index in [0.29, 0.717) is 11.7 Å². The summed E-state index contributed by atoms with van der Waals surface area (Å²) in [6.45, 7) is 3.49. The van der Waals surface area contributed by atoms with Gasteiger partial charge in [-0.05, 0) is 26.7 Å². The second-order valence-electron chi connectivity index (χ2n) is 4.23. The Morgan fingerprint density at radius 1 is 1.56 bits per heavy atom. The summed E-state index contributed by atoms with van der Waals surface area (Å²) in [4.78, 5) is 19.4. The van der Waals surface area contributed by atoms with Crippen LogP contribution < -0.4 is 5.32 Å². The van der Waals surface area contributed by atoms with Crippen molar-refractivity contribution >= 4 is 11.8 Å². The highest BCUT2D eigenvalue weighted by Gasteiger charge is 2.27. The predicted molar refractivity (Wildman–Crippen MR) is 59.5 cm³/mol. The van der Waals surface area contributed by atoms with E-state index in [1.807, 2.05) is 6.92 Å². The Labute approximate surface area is 93.9 Å². The highest BCUT2D eigenvalue weighted by atomic mass is 16.4. The molecule has 0 spiro atoms. The van der Waals surface area contributed by atoms with Crippen LogP contribution in [0.2, 0.25) is 0 Å². The van der Waals surface area contributed by atoms with E-state index in [1.54, 1.807) is 13.0 Å². The molecule has 1 aromatic heterocycles. The normalized spacial score (nSPS) is 16.9. The molecule has 2 N–H and O–H groups in total. The molecule has 0 amide bonds. The lowest BCUT2D eigenvalue weighted by Gasteiger charge is -2.11. The van der Waals surface area contributed by atoms with E-state index in [4.69, 9.17) is 5.11 Å². The molecule has 1 heterocycles. The van der Waals surface area contributed by atoms with Gasteiger partial charge in [0.2, 0.25) is 0 Å². The van der Waals surface area contributed by atoms with Gasteiger partial charge in [0.05, 0.1) is 0 Å². The molecule has 0 aliphatic heterocycles. The zero-order chi connectivity index (χ0) is 11.7. The molecule has 0 radical (unpaired) electrons. The molecule has 5 nitrogen and oxygen atoms in total. The molecule has 16 heavy (non-hydrogen) atoms. The maximum absolute atomic E-state index is 10.7. The smallest absolute Gasteiger partial charge is 0.325 e. The van der Waals surface area contributed by atoms with E-state index in [9.17, 15) is 4.79 Å². The van der Waals surface area contributed by atoms with Crippen LogP contribution in [-0.2, 0) is 4.79 Å². The third-order valence-electron chi connectivity index (χ3n) is 2.55. The Morgan fingerprint density at radius 2 is 2.25 bits per heavy atom. The van der Waals surface area contributed by atoms with E-state index < -0.39 is 12.0 Å². The summed E-state index contributed by atoms with van der Waals surface area (Å²) in [7, 11) is 0. The summed E-state index contributed by atoms with van der Waals surface area (Å²) in [5.74, 6) is 1.02. The summed E-state index contributed by atoms with van der Waals surface area (Å²) in [5, 5.41) is 11.7. The summed E-state index contributed by atoms with van der Waals surface area (Å²) in [6.07, 6.45) is 2.27. The van der Waals surface area contributed by atoms with E-state index in [-0.39, 0.29) is 0 Å². The zero-order valence-electron chi connectivity index (χ0n) is 9.40. The van der Waals surface area contributed by atoms with Crippen molar-refractivity contribution in [2.75, 3.05) is 5.32 Å². The van der Waals surface area contributed by atoms with E-state index in [1.165, 1.54) is 0 Å². The topological polar surface area (TPSA) is 75.1 Å². The van der Waals surface area contributed by atoms with Gasteiger partial charge in [-0.2, -0.15) is 0 Å². The van der Waals surface area contributed by atoms with E-state index in [2.05, 4.69) is 15.3 Å². The molecule has 1 saturated carbocycles. The Bertz CT molecular complexity index is 416. The first-order valence-electron chi connectivity index (χ1n) is 5.41. The third-order valence-corrected chi connectivity index (χ3v) is 2.55. The Balaban J connectivity index is 2.16. The molecule has 1 aromatic rings. The summed E-state index contributed by atoms with van der Waals surface area (Å²) in [6, 6.07) is 1.13. The number of rotatable bonds is 4. The minimum Gasteiger partial charge on any atom is -0.480 e. The lowest BCUT2D eigenvalue weighted by atomic mass is 10.3. The van der Waals surface area contributed by atoms with Crippen LogP contribution >= 0.6 is 0 Å². The number of nitrogens with zero attached hydrogens (tertiary/aromatic N) is 2. The highest BCUT2D eigenvalue weighted by Crippen LogP contribution is 2.38. The molecule has 0 saturated heterocycles. The number of hydrogen-bond acceptors (Lipinski definition) is 4. The van der Waals surface area contributed by atoms with Crippen LogP contribution in [0.1, 0.15) is 37.2 Å². The van der Waals surface area contributed by atoms with Crippen molar-refractivity contribution < 1.29 is 9.90 Å². The second-order valence-corrected chi connectivity index (χ2v) is 4.23. The molecule has 0 bridgehead atoms. The minimum absolute atomic E-state index is 0.473. The molecule has 1 aliphatic carbocycles. The number of anilines is 1. The quantitative estimate of drug-likeness (QED) is 0.806. The van der Waals surface area contributed by atoms with E-state index in [0.717, 1.165) is 24.4 Å². The highest BCUT2D eigenvalue weighted by molar-refractivity contribution is 5.76. The zero-order valence-corrected chi connectivity index (χ0v) is 9.40. The van der Waals surface area contributed by atoms with Crippen LogP contribution in [0.5, 0.6) is 0 Å². The SMILES string of the molecule is Cc1cc(NC(C)C(=O)O)nc(C2CC2)n1. The number of aromatic nitrogens is 2. The number of carboxylic acid groups (broad SMARTS) is 1. The van der Waals surface area contributed by atoms with Gasteiger partial charge < -0.3 is 10.4 Å². The molecular formula is C11H15N3O2. The molecule has 86 valence electrons. The van der Waals surface area contributed by atoms with Crippen molar-refractivity contribution in [3.63, 3.8) is 0 Å². The van der Waals surface area contributed by atoms with Gasteiger partial charge in [0.1, 0.15) is 17.7 Å². The molecule has 0 aromatic carbocycles. The van der Waals surface area contributed by atoms with Gasteiger partial charge in [-0.25, -0.2) is 9.97 Å². The molecule has 1 atom stereocenters. The number of aryl methyl sites for hydroxylation is 1. The Kier molecular flexibility index (Phi) is 2.77. The van der Waals surface area contributed by atoms with Crippen LogP contribution in [0.15, 0.2) is 6.07 Å². The minimum atomic E-state index is -0.885. The van der Waals surface area contributed by atoms with Crippen LogP contribution in [0, 0.1) is 6.92 Å². The maximum Gasteiger partial charge on any atom is 0.325 e. The van der Waals surface area contributed by atoms with Gasteiger partial charge in [-0.15, -0.1) is 0 Å². The molecule has 5 heteroatoms. The average molecular weight is 221 g/mol. The fraction of sp³-hybridized carbons (Fsp3) is 0.545. The van der Waals surface area contributed by atoms with Crippen LogP contribution in [0.4, 0.5) is 5.82 Å². The molecule has 1 unspecified atom stereocenters. The van der Waals surface area contributed by atoms with Crippen molar-refractivity contribution in [3.8, 4) is 0 Å². The second kappa shape index (κ2) is 4.08. The van der Waals surface area contributed by atoms with Crippen molar-refractivity contribution in [2.45, 2.75) is 38.6 Å². The summed E-state index contributed by atoms with van der Waals surface area (Å²) in [5.41, 5.74) is 0.872. The number of nitrogens with one attached hydrogen (secondary N) is 1. The van der Waals surface area contributed by atoms with Gasteiger partial charge in [0.25, 0.3) is 0 Å². The average Bonchev–Trinajstić information content (AvgIpc) is 2.99. The standard InChI is InChI=1S/C11H15N3O2/c1-6-5-9(13-7(2)11(15)16)14-10(12-6)8-3-4-8/h5,7-8H,3-4H2,1-2H3,(H,15,16)(H,12,13,14). The fourth-order valence-corrected chi connectivity index (χ4v) is 1.47. The number of carboxylic acids is 1. The lowest BCUT2D eigenvalue weighted by Crippen LogP contribution is -2.26. The monoisotopic (exact) mass is 221 g/mol. The summed E-state index contributed by atoms with van der Waals surface area (Å²) >= 11 is 0. The first-order valence-corrected chi connectivity index (χ1v) is 5.41. The number of hydrogen-bond donors (Lipinski definition) is 2. The Hall–Kier alpha value is -1.65. The van der Waals surface area contributed by atoms with Gasteiger partial charge >= 0.3 is 5.97 Å². The fourth-order valence-electron chi connectivity index (χ4n) is 1.47. The van der Waals surface area contributed by atoms with Gasteiger partial charge in [0.15, 0.2) is 0 Å². The van der Waals surface area contributed by atoms with Gasteiger partial charge in [0, 0.05) is 17.7 Å². The van der Waals surface area contributed by atoms with Crippen LogP contribution in [0.3, 0.4) is 0 Å². The van der Waals surface area contributed by atoms with Crippen molar-refractivity contribution in [2.24, 2.45) is 0 Å². The predicted octanol–water partition coefficient (Wildman–Crippen LogP) is 1.55. The maximum atomic E-state index is 10.7. The summed E-state index contributed by atoms with van der Waals surface area (Å²) < 4.78 is 0. The molecule has 2 rings (SSSR count). The molecule has 1 aliphatic rings. The first-order chi connectivity index (χ1) is 7.56. The number of aliphatic carboxylic acids is 1. The van der Waals surface area contributed by atoms with Crippen molar-refractivity contribution in [3.05, 3.63) is 17.6 Å². The third kappa shape index (κ3) is 2.48. The number of carbonyl (C=O) groups is 1. The van der Waals surface area contributed by atoms with Crippen molar-refractivity contribution in [1.82, 2.24) is 9.97 Å². The van der Waals surface area contributed by atoms with Crippen LogP contribution in [0.25, 0.3) is 0 Å². The molecular weight excluding hydrogens is 206 g/mol. The Morgan fingerprint density at radius 3 is 2.81 bits per heavy atom. The first kappa shape index (κ1) is 10.9. The van der Waals surface area contributed by atoms with Gasteiger partial charge in [-0.1, -0.05) is 0 Å². The molecule has 1 fully saturated rings. The van der Waals surface area contributed by atoms with E-state index >= 15 is 0 Å². The van der Waals surface area contributed by atoms with Crippen molar-refractivity contribution in [1.29, 1.82) is 0 Å². The van der Waals surface area contributed by atoms with Gasteiger partial charge in [-0.3, -0.25) is 4.79 Å².